The summed E-state index contributed by atoms with van der Waals surface area (Å²) in [6.07, 6.45) is -0.283. The van der Waals surface area contributed by atoms with Crippen molar-refractivity contribution in [3.63, 3.8) is 0 Å². The van der Waals surface area contributed by atoms with Crippen LogP contribution >= 0.6 is 0 Å². The lowest BCUT2D eigenvalue weighted by molar-refractivity contribution is -0.138. The zero-order valence-corrected chi connectivity index (χ0v) is 20.4. The van der Waals surface area contributed by atoms with Gasteiger partial charge in [-0.1, -0.05) is 30.3 Å². The van der Waals surface area contributed by atoms with Crippen molar-refractivity contribution in [3.05, 3.63) is 48.5 Å². The van der Waals surface area contributed by atoms with Gasteiger partial charge in [-0.3, -0.25) is 9.36 Å². The number of hydrogen-bond acceptors (Lipinski definition) is 11. The van der Waals surface area contributed by atoms with Crippen LogP contribution in [0.2, 0.25) is 0 Å². The Morgan fingerprint density at radius 1 is 1.16 bits per heavy atom. The van der Waals surface area contributed by atoms with E-state index < -0.39 is 36.6 Å². The fraction of sp³-hybridized carbons (Fsp3) is 0.500. The predicted molar refractivity (Wildman–Crippen MR) is 135 cm³/mol. The largest absolute Gasteiger partial charge is 0.480 e. The number of nitrogen functional groups attached to an aromatic ring is 1. The molecule has 3 heterocycles. The highest BCUT2D eigenvalue weighted by Gasteiger charge is 2.44. The molecule has 0 bridgehead atoms. The van der Waals surface area contributed by atoms with Crippen molar-refractivity contribution in [1.29, 1.82) is 0 Å². The van der Waals surface area contributed by atoms with Crippen LogP contribution in [-0.2, 0) is 16.1 Å². The minimum absolute atomic E-state index is 0.204. The maximum absolute atomic E-state index is 11.2. The van der Waals surface area contributed by atoms with Gasteiger partial charge in [0.2, 0.25) is 0 Å². The number of benzene rings is 1. The van der Waals surface area contributed by atoms with E-state index in [2.05, 4.69) is 32.4 Å². The van der Waals surface area contributed by atoms with Crippen LogP contribution in [0.25, 0.3) is 11.2 Å². The molecule has 2 aromatic heterocycles. The summed E-state index contributed by atoms with van der Waals surface area (Å²) < 4.78 is 7.59. The quantitative estimate of drug-likeness (QED) is 0.157. The average Bonchev–Trinajstić information content (AvgIpc) is 3.44. The number of imidazole rings is 1. The van der Waals surface area contributed by atoms with E-state index in [1.165, 1.54) is 22.8 Å². The Hall–Kier alpha value is -3.20. The number of aliphatic hydroxyl groups excluding tert-OH is 2. The molecule has 3 aromatic rings. The van der Waals surface area contributed by atoms with Crippen LogP contribution in [0.4, 0.5) is 5.82 Å². The van der Waals surface area contributed by atoms with E-state index >= 15 is 0 Å². The molecule has 1 aromatic carbocycles. The SMILES string of the molecule is Nc1ncnc2c1ncn2[C@@H]1O[C@H](CN(CCCNCc2ccccc2)CCC(N)C(=O)O)[C@@H](O)[C@H]1O. The minimum atomic E-state index is -1.23. The Kier molecular flexibility index (Phi) is 8.97. The van der Waals surface area contributed by atoms with Crippen molar-refractivity contribution >= 4 is 23.0 Å². The number of carbonyl (C=O) groups is 1. The Balaban J connectivity index is 1.37. The van der Waals surface area contributed by atoms with Crippen LogP contribution in [0.3, 0.4) is 0 Å². The number of carboxylic acid groups (broad SMARTS) is 1. The van der Waals surface area contributed by atoms with Gasteiger partial charge in [-0.25, -0.2) is 15.0 Å². The zero-order chi connectivity index (χ0) is 26.4. The van der Waals surface area contributed by atoms with Crippen molar-refractivity contribution in [2.75, 3.05) is 31.9 Å². The number of aliphatic carboxylic acids is 1. The molecular formula is C24H34N8O5. The first-order valence-corrected chi connectivity index (χ1v) is 12.2. The number of ether oxygens (including phenoxy) is 1. The van der Waals surface area contributed by atoms with E-state index in [1.807, 2.05) is 23.1 Å². The van der Waals surface area contributed by atoms with Crippen molar-refractivity contribution in [1.82, 2.24) is 29.7 Å². The second-order valence-corrected chi connectivity index (χ2v) is 9.18. The standard InChI is InChI=1S/C24H34N8O5/c25-16(24(35)36)7-10-31(9-4-8-27-11-15-5-2-1-3-6-15)12-17-19(33)20(34)23(37-17)32-14-30-18-21(26)28-13-29-22(18)32/h1-3,5-6,13-14,16-17,19-20,23,27,33-34H,4,7-12,25H2,(H,35,36)(H2,26,28,29)/t16?,17-,19-,20-,23-/m1/s1. The first kappa shape index (κ1) is 26.9. The molecule has 0 spiro atoms. The normalized spacial score (nSPS) is 22.6. The third kappa shape index (κ3) is 6.57. The summed E-state index contributed by atoms with van der Waals surface area (Å²) in [5, 5.41) is 34.1. The molecule has 5 atom stereocenters. The first-order valence-electron chi connectivity index (χ1n) is 12.2. The van der Waals surface area contributed by atoms with Gasteiger partial charge in [0.1, 0.15) is 36.2 Å². The lowest BCUT2D eigenvalue weighted by Gasteiger charge is -2.27. The Bertz CT molecular complexity index is 1160. The second kappa shape index (κ2) is 12.4. The molecular weight excluding hydrogens is 480 g/mol. The summed E-state index contributed by atoms with van der Waals surface area (Å²) in [5.74, 6) is -0.861. The van der Waals surface area contributed by atoms with Crippen molar-refractivity contribution in [2.45, 2.75) is 50.0 Å². The van der Waals surface area contributed by atoms with Crippen LogP contribution in [0, 0.1) is 0 Å². The molecule has 0 aliphatic carbocycles. The number of nitrogens with one attached hydrogen (secondary N) is 1. The van der Waals surface area contributed by atoms with Gasteiger partial charge in [-0.05, 0) is 31.5 Å². The molecule has 1 fully saturated rings. The number of aromatic nitrogens is 4. The van der Waals surface area contributed by atoms with E-state index in [1.54, 1.807) is 0 Å². The molecule has 13 nitrogen and oxygen atoms in total. The predicted octanol–water partition coefficient (Wildman–Crippen LogP) is -0.688. The van der Waals surface area contributed by atoms with Gasteiger partial charge in [-0.2, -0.15) is 0 Å². The molecule has 1 saturated heterocycles. The summed E-state index contributed by atoms with van der Waals surface area (Å²) in [6, 6.07) is 9.08. The van der Waals surface area contributed by atoms with E-state index in [4.69, 9.17) is 16.2 Å². The molecule has 0 saturated carbocycles. The summed E-state index contributed by atoms with van der Waals surface area (Å²) in [4.78, 5) is 25.5. The number of aliphatic hydroxyl groups is 2. The number of carboxylic acids is 1. The number of anilines is 1. The molecule has 8 N–H and O–H groups in total. The average molecular weight is 515 g/mol. The lowest BCUT2D eigenvalue weighted by Crippen LogP contribution is -2.43. The number of fused-ring (bicyclic) bond motifs is 1. The number of nitrogens with two attached hydrogens (primary N) is 2. The van der Waals surface area contributed by atoms with Gasteiger partial charge < -0.3 is 41.7 Å². The molecule has 0 amide bonds. The highest BCUT2D eigenvalue weighted by atomic mass is 16.6. The maximum Gasteiger partial charge on any atom is 0.320 e. The maximum atomic E-state index is 11.2. The van der Waals surface area contributed by atoms with Gasteiger partial charge in [0, 0.05) is 19.6 Å². The smallest absolute Gasteiger partial charge is 0.320 e. The van der Waals surface area contributed by atoms with Crippen LogP contribution in [-0.4, -0.2) is 96.2 Å². The summed E-state index contributed by atoms with van der Waals surface area (Å²) >= 11 is 0. The van der Waals surface area contributed by atoms with E-state index in [0.717, 1.165) is 19.5 Å². The van der Waals surface area contributed by atoms with Gasteiger partial charge in [0.15, 0.2) is 17.7 Å². The molecule has 0 radical (unpaired) electrons. The van der Waals surface area contributed by atoms with Gasteiger partial charge in [0.25, 0.3) is 0 Å². The third-order valence-corrected chi connectivity index (χ3v) is 6.51. The topological polar surface area (TPSA) is 198 Å². The Morgan fingerprint density at radius 2 is 1.95 bits per heavy atom. The Labute approximate surface area is 214 Å². The van der Waals surface area contributed by atoms with Crippen LogP contribution in [0.5, 0.6) is 0 Å². The van der Waals surface area contributed by atoms with Gasteiger partial charge in [-0.15, -0.1) is 0 Å². The molecule has 200 valence electrons. The third-order valence-electron chi connectivity index (χ3n) is 6.51. The highest BCUT2D eigenvalue weighted by Crippen LogP contribution is 2.32. The van der Waals surface area contributed by atoms with Crippen LogP contribution in [0.15, 0.2) is 43.0 Å². The van der Waals surface area contributed by atoms with Crippen LogP contribution in [0.1, 0.15) is 24.6 Å². The number of rotatable bonds is 13. The molecule has 1 unspecified atom stereocenters. The summed E-state index contributed by atoms with van der Waals surface area (Å²) in [7, 11) is 0. The monoisotopic (exact) mass is 514 g/mol. The van der Waals surface area contributed by atoms with Crippen LogP contribution < -0.4 is 16.8 Å². The summed E-state index contributed by atoms with van der Waals surface area (Å²) in [5.41, 5.74) is 13.5. The van der Waals surface area contributed by atoms with Crippen molar-refractivity contribution in [2.24, 2.45) is 5.73 Å². The molecule has 1 aliphatic rings. The second-order valence-electron chi connectivity index (χ2n) is 9.18. The van der Waals surface area contributed by atoms with E-state index in [0.29, 0.717) is 24.3 Å². The molecule has 37 heavy (non-hydrogen) atoms. The lowest BCUT2D eigenvalue weighted by atomic mass is 10.1. The Morgan fingerprint density at radius 3 is 2.70 bits per heavy atom. The van der Waals surface area contributed by atoms with E-state index in [9.17, 15) is 20.1 Å². The summed E-state index contributed by atoms with van der Waals surface area (Å²) in [6.45, 7) is 2.80. The molecule has 1 aliphatic heterocycles. The van der Waals surface area contributed by atoms with Crippen molar-refractivity contribution < 1.29 is 24.9 Å². The molecule has 4 rings (SSSR count). The fourth-order valence-corrected chi connectivity index (χ4v) is 4.42. The number of hydrogen-bond donors (Lipinski definition) is 6. The number of nitrogens with zero attached hydrogens (tertiary/aromatic N) is 5. The fourth-order valence-electron chi connectivity index (χ4n) is 4.42. The van der Waals surface area contributed by atoms with E-state index in [-0.39, 0.29) is 18.8 Å². The van der Waals surface area contributed by atoms with Gasteiger partial charge in [0.05, 0.1) is 6.33 Å². The zero-order valence-electron chi connectivity index (χ0n) is 20.4. The highest BCUT2D eigenvalue weighted by molar-refractivity contribution is 5.81. The molecule has 13 heteroatoms. The minimum Gasteiger partial charge on any atom is -0.480 e. The van der Waals surface area contributed by atoms with Gasteiger partial charge >= 0.3 is 5.97 Å². The van der Waals surface area contributed by atoms with Crippen molar-refractivity contribution in [3.8, 4) is 0 Å². The first-order chi connectivity index (χ1) is 17.8.